The average molecular weight is 500 g/mol. The molecule has 0 radical (unpaired) electrons. The molecule has 2 rings (SSSR count). The van der Waals surface area contributed by atoms with Gasteiger partial charge >= 0.3 is 0 Å². The first kappa shape index (κ1) is 30.4. The molecule has 0 unspecified atom stereocenters. The third-order valence-corrected chi connectivity index (χ3v) is 4.83. The second-order valence-corrected chi connectivity index (χ2v) is 8.42. The zero-order chi connectivity index (χ0) is 27.3. The predicted octanol–water partition coefficient (Wildman–Crippen LogP) is 5.49. The van der Waals surface area contributed by atoms with Gasteiger partial charge in [0.2, 0.25) is 11.8 Å². The highest BCUT2D eigenvalue weighted by Gasteiger charge is 2.16. The lowest BCUT2D eigenvalue weighted by molar-refractivity contribution is -0.136. The van der Waals surface area contributed by atoms with Gasteiger partial charge in [-0.15, -0.1) is 6.58 Å². The number of ether oxygens (including phenoxy) is 2. The highest BCUT2D eigenvalue weighted by Crippen LogP contribution is 2.28. The Morgan fingerprint density at radius 2 is 1.67 bits per heavy atom. The summed E-state index contributed by atoms with van der Waals surface area (Å²) in [5.74, 6) is -0.570. The minimum Gasteiger partial charge on any atom is -0.491 e. The highest BCUT2D eigenvalue weighted by molar-refractivity contribution is 5.95. The smallest absolute Gasteiger partial charge is 0.243 e. The summed E-state index contributed by atoms with van der Waals surface area (Å²) in [6.07, 6.45) is 1.75. The second-order valence-electron chi connectivity index (χ2n) is 8.42. The molecule has 7 nitrogen and oxygen atoms in total. The van der Waals surface area contributed by atoms with Crippen LogP contribution in [0.25, 0.3) is 5.70 Å². The van der Waals surface area contributed by atoms with E-state index in [0.29, 0.717) is 47.2 Å². The minimum atomic E-state index is -0.441. The summed E-state index contributed by atoms with van der Waals surface area (Å²) in [4.78, 5) is 25.5. The van der Waals surface area contributed by atoms with E-state index >= 15 is 0 Å². The van der Waals surface area contributed by atoms with Gasteiger partial charge in [-0.25, -0.2) is 4.39 Å². The lowest BCUT2D eigenvalue weighted by atomic mass is 10.0. The first-order valence-corrected chi connectivity index (χ1v) is 11.6. The van der Waals surface area contributed by atoms with Crippen molar-refractivity contribution in [3.63, 3.8) is 0 Å². The van der Waals surface area contributed by atoms with Gasteiger partial charge in [0.05, 0.1) is 13.2 Å². The Labute approximate surface area is 214 Å². The van der Waals surface area contributed by atoms with Gasteiger partial charge in [0.15, 0.2) is 0 Å². The van der Waals surface area contributed by atoms with E-state index in [0.717, 1.165) is 0 Å². The van der Waals surface area contributed by atoms with Crippen LogP contribution >= 0.6 is 0 Å². The van der Waals surface area contributed by atoms with Crippen LogP contribution in [0.2, 0.25) is 0 Å². The molecule has 0 aliphatic rings. The first-order chi connectivity index (χ1) is 17.0. The fourth-order valence-electron chi connectivity index (χ4n) is 3.23. The van der Waals surface area contributed by atoms with Gasteiger partial charge in [0, 0.05) is 48.8 Å². The normalized spacial score (nSPS) is 10.1. The monoisotopic (exact) mass is 499 g/mol. The summed E-state index contributed by atoms with van der Waals surface area (Å²) in [7, 11) is 3.17. The van der Waals surface area contributed by atoms with Crippen molar-refractivity contribution < 1.29 is 23.5 Å². The Balaban J connectivity index is 0.00000205. The van der Waals surface area contributed by atoms with Gasteiger partial charge < -0.3 is 25.0 Å². The summed E-state index contributed by atoms with van der Waals surface area (Å²) in [5.41, 5.74) is 2.72. The van der Waals surface area contributed by atoms with Crippen molar-refractivity contribution in [2.24, 2.45) is 5.92 Å². The third-order valence-electron chi connectivity index (χ3n) is 4.83. The molecular weight excluding hydrogens is 461 g/mol. The van der Waals surface area contributed by atoms with Crippen LogP contribution in [0, 0.1) is 18.7 Å². The molecule has 2 aromatic rings. The maximum absolute atomic E-state index is 14.7. The maximum atomic E-state index is 14.7. The number of likely N-dealkylation sites (N-methyl/N-ethyl adjacent to an activating group) is 1. The summed E-state index contributed by atoms with van der Waals surface area (Å²) in [5, 5.41) is 5.85. The van der Waals surface area contributed by atoms with Gasteiger partial charge in [0.25, 0.3) is 0 Å². The van der Waals surface area contributed by atoms with Gasteiger partial charge in [0.1, 0.15) is 18.2 Å². The van der Waals surface area contributed by atoms with E-state index in [1.54, 1.807) is 71.3 Å². The van der Waals surface area contributed by atoms with E-state index in [4.69, 9.17) is 9.47 Å². The van der Waals surface area contributed by atoms with Gasteiger partial charge in [-0.1, -0.05) is 26.5 Å². The molecule has 0 spiro atoms. The van der Waals surface area contributed by atoms with Crippen LogP contribution in [0.4, 0.5) is 15.8 Å². The third kappa shape index (κ3) is 9.92. The van der Waals surface area contributed by atoms with Crippen LogP contribution in [0.5, 0.6) is 5.75 Å². The SMILES string of the molecule is C=C(Nc1ccc(NC(=O)CN(C)C(=O)C(C)C)cc1)c1c(C)cc(OCCOC)cc1F.C=CC. The van der Waals surface area contributed by atoms with Crippen LogP contribution in [0.15, 0.2) is 55.6 Å². The number of amides is 2. The molecule has 2 aromatic carbocycles. The topological polar surface area (TPSA) is 79.9 Å². The Morgan fingerprint density at radius 1 is 1.11 bits per heavy atom. The fourth-order valence-corrected chi connectivity index (χ4v) is 3.23. The van der Waals surface area contributed by atoms with Crippen molar-refractivity contribution in [2.45, 2.75) is 27.7 Å². The number of methoxy groups -OCH3 is 1. The van der Waals surface area contributed by atoms with Crippen LogP contribution in [0.3, 0.4) is 0 Å². The summed E-state index contributed by atoms with van der Waals surface area (Å²) in [6.45, 7) is 15.3. The van der Waals surface area contributed by atoms with E-state index in [-0.39, 0.29) is 24.3 Å². The zero-order valence-electron chi connectivity index (χ0n) is 22.1. The number of anilines is 2. The van der Waals surface area contributed by atoms with E-state index in [1.807, 2.05) is 6.92 Å². The van der Waals surface area contributed by atoms with Crippen LogP contribution in [0.1, 0.15) is 31.9 Å². The lowest BCUT2D eigenvalue weighted by Gasteiger charge is -2.19. The number of halogens is 1. The van der Waals surface area contributed by atoms with Crippen molar-refractivity contribution in [2.75, 3.05) is 44.5 Å². The van der Waals surface area contributed by atoms with Gasteiger partial charge in [-0.05, 0) is 49.7 Å². The van der Waals surface area contributed by atoms with Crippen molar-refractivity contribution in [1.29, 1.82) is 0 Å². The Morgan fingerprint density at radius 3 is 2.17 bits per heavy atom. The molecule has 0 aliphatic heterocycles. The lowest BCUT2D eigenvalue weighted by Crippen LogP contribution is -2.37. The van der Waals surface area contributed by atoms with Crippen molar-refractivity contribution in [3.05, 3.63) is 72.6 Å². The first-order valence-electron chi connectivity index (χ1n) is 11.6. The predicted molar refractivity (Wildman–Crippen MR) is 145 cm³/mol. The molecule has 0 bridgehead atoms. The minimum absolute atomic E-state index is 0.0302. The van der Waals surface area contributed by atoms with Crippen LogP contribution < -0.4 is 15.4 Å². The number of benzene rings is 2. The number of hydrogen-bond donors (Lipinski definition) is 2. The Bertz CT molecular complexity index is 1010. The largest absolute Gasteiger partial charge is 0.491 e. The van der Waals surface area contributed by atoms with E-state index in [2.05, 4.69) is 23.8 Å². The molecule has 0 saturated heterocycles. The summed E-state index contributed by atoms with van der Waals surface area (Å²) < 4.78 is 25.1. The molecule has 0 atom stereocenters. The average Bonchev–Trinajstić information content (AvgIpc) is 2.80. The van der Waals surface area contributed by atoms with Gasteiger partial charge in [-0.3, -0.25) is 9.59 Å². The fraction of sp³-hybridized carbons (Fsp3) is 0.357. The Hall–Kier alpha value is -3.65. The van der Waals surface area contributed by atoms with E-state index in [1.165, 1.54) is 11.0 Å². The number of hydrogen-bond acceptors (Lipinski definition) is 5. The molecule has 0 heterocycles. The van der Waals surface area contributed by atoms with E-state index < -0.39 is 5.82 Å². The second kappa shape index (κ2) is 15.4. The maximum Gasteiger partial charge on any atom is 0.243 e. The number of nitrogens with zero attached hydrogens (tertiary/aromatic N) is 1. The van der Waals surface area contributed by atoms with Crippen molar-refractivity contribution >= 4 is 28.9 Å². The molecule has 196 valence electrons. The summed E-state index contributed by atoms with van der Waals surface area (Å²) in [6, 6.07) is 10.0. The number of carbonyl (C=O) groups is 2. The van der Waals surface area contributed by atoms with Crippen LogP contribution in [-0.2, 0) is 14.3 Å². The van der Waals surface area contributed by atoms with Gasteiger partial charge in [-0.2, -0.15) is 0 Å². The number of carbonyl (C=O) groups excluding carboxylic acids is 2. The molecule has 2 amide bonds. The molecule has 0 aromatic heterocycles. The molecule has 2 N–H and O–H groups in total. The molecule has 8 heteroatoms. The molecule has 0 saturated carbocycles. The standard InChI is InChI=1S/C25H32FN3O4.C3H6/c1-16(2)25(31)29(5)15-23(30)28-20-9-7-19(8-10-20)27-18(4)24-17(3)13-21(14-22(24)26)33-12-11-32-6;1-3-2/h7-10,13-14,16,27H,4,11-12,15H2,1-3,5-6H3,(H,28,30);3H,1H2,2H3. The number of nitrogens with one attached hydrogen (secondary N) is 2. The van der Waals surface area contributed by atoms with Crippen LogP contribution in [-0.4, -0.2) is 50.6 Å². The van der Waals surface area contributed by atoms with E-state index in [9.17, 15) is 14.0 Å². The van der Waals surface area contributed by atoms with Crippen molar-refractivity contribution in [1.82, 2.24) is 4.90 Å². The number of rotatable bonds is 11. The quantitative estimate of drug-likeness (QED) is 0.316. The molecule has 0 fully saturated rings. The highest BCUT2D eigenvalue weighted by atomic mass is 19.1. The summed E-state index contributed by atoms with van der Waals surface area (Å²) >= 11 is 0. The van der Waals surface area contributed by atoms with Crippen molar-refractivity contribution in [3.8, 4) is 5.75 Å². The Kier molecular flexibility index (Phi) is 13.0. The zero-order valence-corrected chi connectivity index (χ0v) is 22.1. The molecule has 36 heavy (non-hydrogen) atoms. The number of allylic oxidation sites excluding steroid dienone is 1. The number of aryl methyl sites for hydroxylation is 1. The molecule has 0 aliphatic carbocycles. The molecular formula is C28H38FN3O4.